The summed E-state index contributed by atoms with van der Waals surface area (Å²) in [6, 6.07) is 15.1. The molecule has 0 saturated carbocycles. The molecule has 0 aliphatic carbocycles. The van der Waals surface area contributed by atoms with Crippen LogP contribution in [-0.4, -0.2) is 38.8 Å². The van der Waals surface area contributed by atoms with Crippen LogP contribution in [0, 0.1) is 6.92 Å². The molecule has 0 spiro atoms. The van der Waals surface area contributed by atoms with Gasteiger partial charge in [0.1, 0.15) is 5.25 Å². The lowest BCUT2D eigenvalue weighted by Crippen LogP contribution is -2.21. The number of tetrazole rings is 1. The molecule has 1 aliphatic rings. The van der Waals surface area contributed by atoms with Crippen LogP contribution in [0.5, 0.6) is 0 Å². The van der Waals surface area contributed by atoms with Gasteiger partial charge in [0.05, 0.1) is 12.6 Å². The number of carbonyl (C=O) groups excluding carboxylic acids is 1. The van der Waals surface area contributed by atoms with Gasteiger partial charge in [-0.3, -0.25) is 4.79 Å². The van der Waals surface area contributed by atoms with E-state index in [1.165, 1.54) is 11.8 Å². The Kier molecular flexibility index (Phi) is 6.66. The molecular weight excluding hydrogens is 422 g/mol. The van der Waals surface area contributed by atoms with E-state index in [9.17, 15) is 4.79 Å². The molecule has 0 unspecified atom stereocenters. The molecule has 1 amide bonds. The number of aromatic nitrogens is 4. The van der Waals surface area contributed by atoms with Crippen LogP contribution in [0.2, 0.25) is 5.02 Å². The van der Waals surface area contributed by atoms with Crippen molar-refractivity contribution in [2.75, 3.05) is 11.9 Å². The van der Waals surface area contributed by atoms with Gasteiger partial charge in [-0.25, -0.2) is 4.68 Å². The smallest absolute Gasteiger partial charge is 0.242 e. The fourth-order valence-electron chi connectivity index (χ4n) is 3.26. The number of hydrogen-bond acceptors (Lipinski definition) is 6. The van der Waals surface area contributed by atoms with Crippen LogP contribution in [0.3, 0.4) is 0 Å². The normalized spacial score (nSPS) is 17.1. The molecule has 1 aromatic heterocycles. The molecule has 0 bridgehead atoms. The second kappa shape index (κ2) is 9.59. The first-order chi connectivity index (χ1) is 14.6. The summed E-state index contributed by atoms with van der Waals surface area (Å²) >= 11 is 7.53. The summed E-state index contributed by atoms with van der Waals surface area (Å²) in [4.78, 5) is 13.2. The van der Waals surface area contributed by atoms with E-state index in [0.717, 1.165) is 30.6 Å². The lowest BCUT2D eigenvalue weighted by atomic mass is 10.1. The molecule has 4 rings (SSSR count). The van der Waals surface area contributed by atoms with Gasteiger partial charge < -0.3 is 10.1 Å². The predicted octanol–water partition coefficient (Wildman–Crippen LogP) is 4.29. The van der Waals surface area contributed by atoms with Crippen LogP contribution >= 0.6 is 23.4 Å². The zero-order valence-corrected chi connectivity index (χ0v) is 18.1. The van der Waals surface area contributed by atoms with Crippen molar-refractivity contribution in [1.29, 1.82) is 0 Å². The van der Waals surface area contributed by atoms with E-state index >= 15 is 0 Å². The number of thioether (sulfide) groups is 1. The number of benzene rings is 2. The second-order valence-electron chi connectivity index (χ2n) is 7.14. The quantitative estimate of drug-likeness (QED) is 0.548. The third-order valence-corrected chi connectivity index (χ3v) is 6.54. The van der Waals surface area contributed by atoms with Crippen molar-refractivity contribution in [3.05, 3.63) is 64.7 Å². The summed E-state index contributed by atoms with van der Waals surface area (Å²) in [5.41, 5.74) is 2.47. The van der Waals surface area contributed by atoms with Crippen molar-refractivity contribution >= 4 is 35.0 Å². The van der Waals surface area contributed by atoms with Crippen molar-refractivity contribution in [3.63, 3.8) is 0 Å². The molecule has 7 nitrogen and oxygen atoms in total. The first kappa shape index (κ1) is 20.8. The maximum Gasteiger partial charge on any atom is 0.242 e. The molecule has 2 atom stereocenters. The SMILES string of the molecule is Cc1ccc(NC(=O)[C@@H](Sc2nnnn2C[C@@H]2CCCO2)c2ccccc2)cc1Cl. The monoisotopic (exact) mass is 443 g/mol. The van der Waals surface area contributed by atoms with E-state index in [1.807, 2.05) is 49.4 Å². The van der Waals surface area contributed by atoms with Gasteiger partial charge in [-0.15, -0.1) is 5.10 Å². The first-order valence-corrected chi connectivity index (χ1v) is 11.0. The van der Waals surface area contributed by atoms with Crippen LogP contribution in [0.4, 0.5) is 5.69 Å². The number of ether oxygens (including phenoxy) is 1. The largest absolute Gasteiger partial charge is 0.376 e. The Morgan fingerprint density at radius 3 is 2.90 bits per heavy atom. The number of nitrogens with one attached hydrogen (secondary N) is 1. The Morgan fingerprint density at radius 2 is 2.17 bits per heavy atom. The molecule has 1 aliphatic heterocycles. The van der Waals surface area contributed by atoms with Gasteiger partial charge >= 0.3 is 0 Å². The summed E-state index contributed by atoms with van der Waals surface area (Å²) in [6.07, 6.45) is 2.14. The van der Waals surface area contributed by atoms with Crippen LogP contribution in [-0.2, 0) is 16.1 Å². The standard InChI is InChI=1S/C21H22ClN5O2S/c1-14-9-10-16(12-18(14)22)23-20(28)19(15-6-3-2-4-7-15)30-21-24-25-26-27(21)13-17-8-5-11-29-17/h2-4,6-7,9-10,12,17,19H,5,8,11,13H2,1H3,(H,23,28)/t17-,19-/m0/s1. The topological polar surface area (TPSA) is 81.9 Å². The summed E-state index contributed by atoms with van der Waals surface area (Å²) in [6.45, 7) is 3.26. The average Bonchev–Trinajstić information content (AvgIpc) is 3.42. The molecule has 9 heteroatoms. The van der Waals surface area contributed by atoms with Crippen LogP contribution < -0.4 is 5.32 Å². The number of halogens is 1. The fourth-order valence-corrected chi connectivity index (χ4v) is 4.43. The first-order valence-electron chi connectivity index (χ1n) is 9.76. The highest BCUT2D eigenvalue weighted by Gasteiger charge is 2.26. The number of aryl methyl sites for hydroxylation is 1. The number of anilines is 1. The van der Waals surface area contributed by atoms with Gasteiger partial charge in [0, 0.05) is 17.3 Å². The number of amides is 1. The Labute approximate surface area is 184 Å². The molecule has 156 valence electrons. The molecule has 1 fully saturated rings. The second-order valence-corrected chi connectivity index (χ2v) is 8.62. The number of rotatable bonds is 7. The van der Waals surface area contributed by atoms with Gasteiger partial charge in [0.25, 0.3) is 0 Å². The zero-order valence-electron chi connectivity index (χ0n) is 16.5. The zero-order chi connectivity index (χ0) is 20.9. The summed E-state index contributed by atoms with van der Waals surface area (Å²) in [5.74, 6) is -0.169. The van der Waals surface area contributed by atoms with E-state index < -0.39 is 5.25 Å². The van der Waals surface area contributed by atoms with Crippen molar-refractivity contribution < 1.29 is 9.53 Å². The Morgan fingerprint density at radius 1 is 1.33 bits per heavy atom. The Hall–Kier alpha value is -2.42. The van der Waals surface area contributed by atoms with E-state index in [2.05, 4.69) is 20.8 Å². The van der Waals surface area contributed by atoms with Crippen LogP contribution in [0.1, 0.15) is 29.2 Å². The maximum absolute atomic E-state index is 13.2. The van der Waals surface area contributed by atoms with Crippen molar-refractivity contribution in [2.24, 2.45) is 0 Å². The molecule has 30 heavy (non-hydrogen) atoms. The molecule has 2 aromatic carbocycles. The van der Waals surface area contributed by atoms with Crippen molar-refractivity contribution in [3.8, 4) is 0 Å². The molecule has 1 N–H and O–H groups in total. The molecular formula is C21H22ClN5O2S. The fraction of sp³-hybridized carbons (Fsp3) is 0.333. The van der Waals surface area contributed by atoms with Gasteiger partial charge in [-0.1, -0.05) is 59.8 Å². The van der Waals surface area contributed by atoms with Crippen molar-refractivity contribution in [1.82, 2.24) is 20.2 Å². The Balaban J connectivity index is 1.55. The Bertz CT molecular complexity index is 1010. The van der Waals surface area contributed by atoms with Gasteiger partial charge in [-0.05, 0) is 53.5 Å². The maximum atomic E-state index is 13.2. The van der Waals surface area contributed by atoms with E-state index in [4.69, 9.17) is 16.3 Å². The van der Waals surface area contributed by atoms with Crippen molar-refractivity contribution in [2.45, 2.75) is 42.8 Å². The molecule has 0 radical (unpaired) electrons. The highest BCUT2D eigenvalue weighted by Crippen LogP contribution is 2.35. The summed E-state index contributed by atoms with van der Waals surface area (Å²) in [7, 11) is 0. The molecule has 1 saturated heterocycles. The predicted molar refractivity (Wildman–Crippen MR) is 117 cm³/mol. The lowest BCUT2D eigenvalue weighted by molar-refractivity contribution is -0.115. The van der Waals surface area contributed by atoms with Crippen LogP contribution in [0.15, 0.2) is 53.7 Å². The van der Waals surface area contributed by atoms with Gasteiger partial charge in [-0.2, -0.15) is 0 Å². The van der Waals surface area contributed by atoms with Gasteiger partial charge in [0.15, 0.2) is 0 Å². The highest BCUT2D eigenvalue weighted by atomic mass is 35.5. The number of carbonyl (C=O) groups is 1. The minimum atomic E-state index is -0.527. The van der Waals surface area contributed by atoms with Crippen LogP contribution in [0.25, 0.3) is 0 Å². The third-order valence-electron chi connectivity index (χ3n) is 4.90. The lowest BCUT2D eigenvalue weighted by Gasteiger charge is -2.17. The average molecular weight is 444 g/mol. The van der Waals surface area contributed by atoms with E-state index in [-0.39, 0.29) is 12.0 Å². The number of nitrogens with zero attached hydrogens (tertiary/aromatic N) is 4. The molecule has 2 heterocycles. The van der Waals surface area contributed by atoms with E-state index in [1.54, 1.807) is 10.7 Å². The number of hydrogen-bond donors (Lipinski definition) is 1. The summed E-state index contributed by atoms with van der Waals surface area (Å²) < 4.78 is 7.42. The highest BCUT2D eigenvalue weighted by molar-refractivity contribution is 8.00. The van der Waals surface area contributed by atoms with Gasteiger partial charge in [0.2, 0.25) is 11.1 Å². The minimum absolute atomic E-state index is 0.103. The third kappa shape index (κ3) is 5.00. The van der Waals surface area contributed by atoms with E-state index in [0.29, 0.717) is 22.4 Å². The molecule has 3 aromatic rings. The summed E-state index contributed by atoms with van der Waals surface area (Å²) in [5, 5.41) is 15.7. The minimum Gasteiger partial charge on any atom is -0.376 e.